The summed E-state index contributed by atoms with van der Waals surface area (Å²) < 4.78 is 22.1. The minimum absolute atomic E-state index is 0.00486. The quantitative estimate of drug-likeness (QED) is 0.463. The molecule has 2 heterocycles. The average Bonchev–Trinajstić information content (AvgIpc) is 3.09. The van der Waals surface area contributed by atoms with Gasteiger partial charge < -0.3 is 9.64 Å². The summed E-state index contributed by atoms with van der Waals surface area (Å²) >= 11 is 6.37. The third kappa shape index (κ3) is 6.15. The number of aryl methyl sites for hydroxylation is 1. The van der Waals surface area contributed by atoms with Crippen molar-refractivity contribution in [3.63, 3.8) is 0 Å². The molecule has 1 fully saturated rings. The molecule has 40 heavy (non-hydrogen) atoms. The van der Waals surface area contributed by atoms with Crippen LogP contribution in [-0.2, 0) is 22.2 Å². The van der Waals surface area contributed by atoms with E-state index in [4.69, 9.17) is 16.3 Å². The van der Waals surface area contributed by atoms with Crippen LogP contribution in [0.1, 0.15) is 73.9 Å². The van der Waals surface area contributed by atoms with E-state index < -0.39 is 11.0 Å². The van der Waals surface area contributed by atoms with Crippen LogP contribution in [0.25, 0.3) is 0 Å². The van der Waals surface area contributed by atoms with Gasteiger partial charge in [0, 0.05) is 35.5 Å². The van der Waals surface area contributed by atoms with Gasteiger partial charge in [0.2, 0.25) is 0 Å². The van der Waals surface area contributed by atoms with Crippen molar-refractivity contribution < 1.29 is 18.5 Å². The monoisotopic (exact) mass is 582 g/mol. The van der Waals surface area contributed by atoms with Gasteiger partial charge in [-0.2, -0.15) is 0 Å². The van der Waals surface area contributed by atoms with Crippen LogP contribution in [0.4, 0.5) is 5.69 Å². The first-order valence-corrected chi connectivity index (χ1v) is 16.1. The van der Waals surface area contributed by atoms with Crippen molar-refractivity contribution in [2.75, 3.05) is 24.6 Å². The number of allylic oxidation sites excluding steroid dienone is 2. The van der Waals surface area contributed by atoms with Crippen LogP contribution >= 0.6 is 11.6 Å². The number of nitrogens with zero attached hydrogens (tertiary/aromatic N) is 1. The predicted molar refractivity (Wildman–Crippen MR) is 162 cm³/mol. The fourth-order valence-electron chi connectivity index (χ4n) is 6.07. The summed E-state index contributed by atoms with van der Waals surface area (Å²) in [6.45, 7) is 7.95. The maximum atomic E-state index is 13.2. The van der Waals surface area contributed by atoms with Crippen LogP contribution in [0.3, 0.4) is 0 Å². The summed E-state index contributed by atoms with van der Waals surface area (Å²) in [6.07, 6.45) is 8.11. The molecule has 6 unspecified atom stereocenters. The SMILES string of the molecule is CCCc1cc(Cl)ccc1C1COc2ccc3cc2N(C1)CC1CCC1C(=O)/C=C/CC(C)C(C)S(=O)NC3=O. The molecule has 2 aromatic carbocycles. The van der Waals surface area contributed by atoms with Crippen LogP contribution in [0.15, 0.2) is 48.6 Å². The molecule has 0 aromatic heterocycles. The summed E-state index contributed by atoms with van der Waals surface area (Å²) in [4.78, 5) is 28.7. The lowest BCUT2D eigenvalue weighted by Crippen LogP contribution is -2.42. The number of ketones is 1. The predicted octanol–water partition coefficient (Wildman–Crippen LogP) is 6.25. The van der Waals surface area contributed by atoms with Gasteiger partial charge in [0.05, 0.1) is 17.5 Å². The fourth-order valence-corrected chi connectivity index (χ4v) is 7.28. The molecule has 0 saturated heterocycles. The Morgan fingerprint density at radius 1 is 1.10 bits per heavy atom. The highest BCUT2D eigenvalue weighted by molar-refractivity contribution is 7.84. The van der Waals surface area contributed by atoms with E-state index in [9.17, 15) is 13.8 Å². The zero-order valence-electron chi connectivity index (χ0n) is 23.5. The lowest BCUT2D eigenvalue weighted by atomic mass is 9.70. The van der Waals surface area contributed by atoms with E-state index in [0.717, 1.165) is 42.1 Å². The molecule has 6 atom stereocenters. The lowest BCUT2D eigenvalue weighted by molar-refractivity contribution is -0.122. The molecule has 1 saturated carbocycles. The number of halogens is 1. The molecule has 214 valence electrons. The second-order valence-electron chi connectivity index (χ2n) is 11.6. The summed E-state index contributed by atoms with van der Waals surface area (Å²) in [6, 6.07) is 11.6. The molecule has 5 rings (SSSR count). The number of hydrogen-bond donors (Lipinski definition) is 1. The van der Waals surface area contributed by atoms with Crippen LogP contribution in [-0.4, -0.2) is 40.8 Å². The van der Waals surface area contributed by atoms with Gasteiger partial charge in [-0.05, 0) is 92.0 Å². The molecule has 2 aromatic rings. The van der Waals surface area contributed by atoms with E-state index in [1.165, 1.54) is 11.1 Å². The number of amides is 1. The molecule has 1 amide bonds. The van der Waals surface area contributed by atoms with Crippen LogP contribution in [0, 0.1) is 17.8 Å². The van der Waals surface area contributed by atoms with Gasteiger partial charge in [0.15, 0.2) is 5.78 Å². The molecule has 1 N–H and O–H groups in total. The van der Waals surface area contributed by atoms with Crippen molar-refractivity contribution in [3.8, 4) is 5.75 Å². The van der Waals surface area contributed by atoms with Gasteiger partial charge in [-0.1, -0.05) is 44.0 Å². The van der Waals surface area contributed by atoms with Gasteiger partial charge in [0.25, 0.3) is 5.91 Å². The van der Waals surface area contributed by atoms with Crippen molar-refractivity contribution in [3.05, 3.63) is 70.3 Å². The van der Waals surface area contributed by atoms with Crippen molar-refractivity contribution in [2.24, 2.45) is 17.8 Å². The number of hydrogen-bond acceptors (Lipinski definition) is 5. The highest BCUT2D eigenvalue weighted by Gasteiger charge is 2.38. The number of nitrogens with one attached hydrogen (secondary N) is 1. The number of carbonyl (C=O) groups excluding carboxylic acids is 2. The van der Waals surface area contributed by atoms with E-state index in [1.54, 1.807) is 12.1 Å². The molecule has 1 aliphatic carbocycles. The Bertz CT molecular complexity index is 1330. The number of ether oxygens (including phenoxy) is 1. The lowest BCUT2D eigenvalue weighted by Gasteiger charge is -2.40. The number of fused-ring (bicyclic) bond motifs is 2. The van der Waals surface area contributed by atoms with Crippen LogP contribution in [0.5, 0.6) is 5.75 Å². The van der Waals surface area contributed by atoms with Crippen molar-refractivity contribution in [2.45, 2.75) is 64.0 Å². The van der Waals surface area contributed by atoms with Gasteiger partial charge in [-0.15, -0.1) is 0 Å². The molecule has 3 aliphatic rings. The Kier molecular flexibility index (Phi) is 9.01. The van der Waals surface area contributed by atoms with Crippen LogP contribution < -0.4 is 14.4 Å². The zero-order chi connectivity index (χ0) is 28.4. The van der Waals surface area contributed by atoms with Gasteiger partial charge in [-0.3, -0.25) is 14.3 Å². The van der Waals surface area contributed by atoms with Gasteiger partial charge >= 0.3 is 0 Å². The Morgan fingerprint density at radius 3 is 2.67 bits per heavy atom. The number of anilines is 1. The number of benzene rings is 2. The number of carbonyl (C=O) groups is 2. The van der Waals surface area contributed by atoms with Crippen LogP contribution in [0.2, 0.25) is 5.02 Å². The average molecular weight is 583 g/mol. The second-order valence-corrected chi connectivity index (χ2v) is 13.6. The maximum absolute atomic E-state index is 13.2. The summed E-state index contributed by atoms with van der Waals surface area (Å²) in [5.74, 6) is 0.913. The molecule has 0 radical (unpaired) electrons. The molecular formula is C32H39ClN2O4S. The Balaban J connectivity index is 1.53. The summed E-state index contributed by atoms with van der Waals surface area (Å²) in [7, 11) is -1.55. The van der Waals surface area contributed by atoms with E-state index in [0.29, 0.717) is 31.7 Å². The van der Waals surface area contributed by atoms with E-state index in [1.807, 2.05) is 38.1 Å². The first-order valence-electron chi connectivity index (χ1n) is 14.5. The van der Waals surface area contributed by atoms with E-state index in [2.05, 4.69) is 28.7 Å². The molecule has 2 bridgehead atoms. The fraction of sp³-hybridized carbons (Fsp3) is 0.500. The smallest absolute Gasteiger partial charge is 0.263 e. The molecule has 0 spiro atoms. The van der Waals surface area contributed by atoms with Crippen molar-refractivity contribution in [1.29, 1.82) is 0 Å². The largest absolute Gasteiger partial charge is 0.491 e. The highest BCUT2D eigenvalue weighted by Crippen LogP contribution is 2.41. The van der Waals surface area contributed by atoms with E-state index in [-0.39, 0.29) is 40.6 Å². The second kappa shape index (κ2) is 12.5. The third-order valence-electron chi connectivity index (χ3n) is 8.87. The van der Waals surface area contributed by atoms with Crippen molar-refractivity contribution in [1.82, 2.24) is 4.72 Å². The standard InChI is InChI=1S/C32H39ClN2O4S/c1-4-6-22-15-26(33)11-13-27(22)25-18-35-17-24-9-12-28(24)30(36)8-5-7-20(2)21(3)40(38)34-32(37)23-10-14-31(39-19-25)29(35)16-23/h5,8,10-11,13-16,20-21,24-25,28H,4,6-7,9,12,17-19H2,1-3H3,(H,34,37)/b8-5+. The Morgan fingerprint density at radius 2 is 1.93 bits per heavy atom. The number of rotatable bonds is 3. The first-order chi connectivity index (χ1) is 19.2. The molecule has 6 nitrogen and oxygen atoms in total. The van der Waals surface area contributed by atoms with Gasteiger partial charge in [0.1, 0.15) is 16.7 Å². The molecular weight excluding hydrogens is 544 g/mol. The van der Waals surface area contributed by atoms with Crippen molar-refractivity contribution >= 4 is 40.0 Å². The van der Waals surface area contributed by atoms with E-state index >= 15 is 0 Å². The van der Waals surface area contributed by atoms with Gasteiger partial charge in [-0.25, -0.2) is 4.21 Å². The zero-order valence-corrected chi connectivity index (χ0v) is 25.1. The summed E-state index contributed by atoms with van der Waals surface area (Å²) in [5, 5.41) is 0.474. The normalized spacial score (nSPS) is 29.9. The summed E-state index contributed by atoms with van der Waals surface area (Å²) in [5.41, 5.74) is 3.75. The molecule has 2 aliphatic heterocycles. The Labute approximate surface area is 245 Å². The minimum Gasteiger partial charge on any atom is -0.491 e. The third-order valence-corrected chi connectivity index (χ3v) is 10.6. The topological polar surface area (TPSA) is 75.7 Å². The molecule has 8 heteroatoms. The maximum Gasteiger partial charge on any atom is 0.263 e. The first kappa shape index (κ1) is 28.9. The Hall–Kier alpha value is -2.64. The highest BCUT2D eigenvalue weighted by atomic mass is 35.5. The minimum atomic E-state index is -1.55.